The van der Waals surface area contributed by atoms with Crippen LogP contribution in [0.15, 0.2) is 15.3 Å². The first kappa shape index (κ1) is 12.1. The number of nitrogens with one attached hydrogen (secondary N) is 1. The summed E-state index contributed by atoms with van der Waals surface area (Å²) in [5.41, 5.74) is 0.584. The minimum absolute atomic E-state index is 0.201. The smallest absolute Gasteiger partial charge is 0.413 e. The van der Waals surface area contributed by atoms with Crippen LogP contribution in [-0.2, 0) is 4.74 Å². The molecule has 0 unspecified atom stereocenters. The van der Waals surface area contributed by atoms with Crippen molar-refractivity contribution >= 4 is 6.08 Å². The maximum absolute atomic E-state index is 10.9. The van der Waals surface area contributed by atoms with E-state index >= 15 is 0 Å². The molecule has 17 heavy (non-hydrogen) atoms. The van der Waals surface area contributed by atoms with E-state index < -0.39 is 18.0 Å². The van der Waals surface area contributed by atoms with E-state index in [1.54, 1.807) is 19.1 Å². The molecule has 1 saturated heterocycles. The molecular formula is C11H15NO5. The molecule has 0 bridgehead atoms. The maximum Gasteiger partial charge on any atom is 0.416 e. The van der Waals surface area contributed by atoms with Gasteiger partial charge in [-0.15, -0.1) is 0 Å². The molecule has 2 heterocycles. The van der Waals surface area contributed by atoms with Crippen molar-refractivity contribution in [3.8, 4) is 0 Å². The number of hydrogen-bond donors (Lipinski definition) is 3. The highest BCUT2D eigenvalue weighted by molar-refractivity contribution is 5.46. The Morgan fingerprint density at radius 3 is 2.88 bits per heavy atom. The van der Waals surface area contributed by atoms with Gasteiger partial charge in [-0.05, 0) is 13.0 Å². The van der Waals surface area contributed by atoms with Crippen LogP contribution in [0.2, 0.25) is 0 Å². The Labute approximate surface area is 97.5 Å². The van der Waals surface area contributed by atoms with E-state index in [0.29, 0.717) is 17.9 Å². The van der Waals surface area contributed by atoms with Crippen molar-refractivity contribution in [1.29, 1.82) is 0 Å². The quantitative estimate of drug-likeness (QED) is 0.681. The van der Waals surface area contributed by atoms with Crippen LogP contribution in [0.4, 0.5) is 0 Å². The Kier molecular flexibility index (Phi) is 3.46. The molecular weight excluding hydrogens is 226 g/mol. The molecule has 2 rings (SSSR count). The van der Waals surface area contributed by atoms with Gasteiger partial charge in [0.1, 0.15) is 11.9 Å². The predicted octanol–water partition coefficient (Wildman–Crippen LogP) is -0.200. The summed E-state index contributed by atoms with van der Waals surface area (Å²) in [6, 6.07) is 0. The molecule has 3 atom stereocenters. The fraction of sp³-hybridized carbons (Fsp3) is 0.545. The van der Waals surface area contributed by atoms with E-state index in [9.17, 15) is 9.90 Å². The van der Waals surface area contributed by atoms with Crippen LogP contribution < -0.4 is 5.76 Å². The van der Waals surface area contributed by atoms with Gasteiger partial charge in [-0.2, -0.15) is 0 Å². The van der Waals surface area contributed by atoms with Gasteiger partial charge in [0.15, 0.2) is 0 Å². The molecule has 0 aliphatic carbocycles. The van der Waals surface area contributed by atoms with Crippen LogP contribution in [0.3, 0.4) is 0 Å². The maximum atomic E-state index is 10.9. The first-order valence-corrected chi connectivity index (χ1v) is 5.42. The average molecular weight is 241 g/mol. The number of aryl methyl sites for hydroxylation is 1. The number of oxazole rings is 1. The first-order valence-electron chi connectivity index (χ1n) is 5.42. The second-order valence-corrected chi connectivity index (χ2v) is 4.04. The number of ether oxygens (including phenoxy) is 1. The van der Waals surface area contributed by atoms with Crippen LogP contribution in [0.1, 0.15) is 17.9 Å². The Morgan fingerprint density at radius 1 is 1.59 bits per heavy atom. The molecule has 1 aromatic heterocycles. The number of rotatable bonds is 3. The summed E-state index contributed by atoms with van der Waals surface area (Å²) in [6.45, 7) is 1.48. The summed E-state index contributed by atoms with van der Waals surface area (Å²) >= 11 is 0. The van der Waals surface area contributed by atoms with E-state index in [4.69, 9.17) is 14.3 Å². The standard InChI is InChI=1S/C11H15NO5/c1-6-8(12-11(15)16-6)3-2-7-4-9(14)10(5-13)17-7/h2-3,7,9-10,13-14H,4-5H2,1H3,(H,12,15)/b3-2+/t7-,9+,10-/m1/s1. The predicted molar refractivity (Wildman–Crippen MR) is 59.5 cm³/mol. The van der Waals surface area contributed by atoms with Gasteiger partial charge in [0.2, 0.25) is 0 Å². The second kappa shape index (κ2) is 4.87. The normalized spacial score (nSPS) is 29.2. The summed E-state index contributed by atoms with van der Waals surface area (Å²) in [7, 11) is 0. The third kappa shape index (κ3) is 2.66. The first-order chi connectivity index (χ1) is 8.10. The molecule has 1 aromatic rings. The molecule has 6 heteroatoms. The van der Waals surface area contributed by atoms with Crippen molar-refractivity contribution in [2.24, 2.45) is 0 Å². The van der Waals surface area contributed by atoms with Gasteiger partial charge in [0.05, 0.1) is 24.5 Å². The lowest BCUT2D eigenvalue weighted by atomic mass is 10.1. The van der Waals surface area contributed by atoms with Gasteiger partial charge in [0.25, 0.3) is 0 Å². The topological polar surface area (TPSA) is 95.7 Å². The van der Waals surface area contributed by atoms with Crippen LogP contribution in [0, 0.1) is 6.92 Å². The second-order valence-electron chi connectivity index (χ2n) is 4.04. The Morgan fingerprint density at radius 2 is 2.35 bits per heavy atom. The number of aliphatic hydroxyl groups excluding tert-OH is 2. The molecule has 6 nitrogen and oxygen atoms in total. The number of aliphatic hydroxyl groups is 2. The number of H-pyrrole nitrogens is 1. The Hall–Kier alpha value is -1.37. The van der Waals surface area contributed by atoms with Crippen molar-refractivity contribution < 1.29 is 19.4 Å². The van der Waals surface area contributed by atoms with Crippen molar-refractivity contribution in [2.75, 3.05) is 6.61 Å². The van der Waals surface area contributed by atoms with E-state index in [1.807, 2.05) is 0 Å². The van der Waals surface area contributed by atoms with Crippen LogP contribution >= 0.6 is 0 Å². The number of hydrogen-bond acceptors (Lipinski definition) is 5. The third-order valence-corrected chi connectivity index (χ3v) is 2.77. The van der Waals surface area contributed by atoms with E-state index in [-0.39, 0.29) is 12.7 Å². The molecule has 3 N–H and O–H groups in total. The molecule has 0 radical (unpaired) electrons. The van der Waals surface area contributed by atoms with Gasteiger partial charge in [-0.1, -0.05) is 6.08 Å². The SMILES string of the molecule is Cc1oc(=O)[nH]c1/C=C/[C@@H]1C[C@H](O)[C@@H](CO)O1. The van der Waals surface area contributed by atoms with Gasteiger partial charge >= 0.3 is 5.76 Å². The molecule has 1 aliphatic rings. The minimum atomic E-state index is -0.654. The van der Waals surface area contributed by atoms with E-state index in [0.717, 1.165) is 0 Å². The van der Waals surface area contributed by atoms with Crippen LogP contribution in [0.25, 0.3) is 6.08 Å². The Balaban J connectivity index is 2.03. The highest BCUT2D eigenvalue weighted by Crippen LogP contribution is 2.21. The average Bonchev–Trinajstić information content (AvgIpc) is 2.79. The summed E-state index contributed by atoms with van der Waals surface area (Å²) in [5.74, 6) is 0.00580. The lowest BCUT2D eigenvalue weighted by Gasteiger charge is -2.09. The van der Waals surface area contributed by atoms with Crippen LogP contribution in [0.5, 0.6) is 0 Å². The molecule has 94 valence electrons. The number of aromatic amines is 1. The highest BCUT2D eigenvalue weighted by Gasteiger charge is 2.31. The molecule has 0 aromatic carbocycles. The summed E-state index contributed by atoms with van der Waals surface area (Å²) in [4.78, 5) is 13.4. The Bertz CT molecular complexity index is 461. The van der Waals surface area contributed by atoms with Crippen molar-refractivity contribution in [3.63, 3.8) is 0 Å². The highest BCUT2D eigenvalue weighted by atomic mass is 16.5. The fourth-order valence-corrected chi connectivity index (χ4v) is 1.83. The zero-order chi connectivity index (χ0) is 12.4. The lowest BCUT2D eigenvalue weighted by molar-refractivity contribution is -0.0105. The monoisotopic (exact) mass is 241 g/mol. The zero-order valence-electron chi connectivity index (χ0n) is 9.42. The third-order valence-electron chi connectivity index (χ3n) is 2.77. The number of aromatic nitrogens is 1. The van der Waals surface area contributed by atoms with Gasteiger partial charge < -0.3 is 19.4 Å². The van der Waals surface area contributed by atoms with Crippen molar-refractivity contribution in [3.05, 3.63) is 28.1 Å². The minimum Gasteiger partial charge on any atom is -0.413 e. The largest absolute Gasteiger partial charge is 0.416 e. The molecule has 0 spiro atoms. The lowest BCUT2D eigenvalue weighted by Crippen LogP contribution is -2.24. The molecule has 0 saturated carbocycles. The fourth-order valence-electron chi connectivity index (χ4n) is 1.83. The molecule has 1 aliphatic heterocycles. The van der Waals surface area contributed by atoms with E-state index in [2.05, 4.69) is 4.98 Å². The summed E-state index contributed by atoms with van der Waals surface area (Å²) in [5, 5.41) is 18.4. The molecule has 1 fully saturated rings. The summed E-state index contributed by atoms with van der Waals surface area (Å²) < 4.78 is 10.2. The van der Waals surface area contributed by atoms with Gasteiger partial charge in [-0.25, -0.2) is 4.79 Å². The van der Waals surface area contributed by atoms with Crippen molar-refractivity contribution in [1.82, 2.24) is 4.98 Å². The van der Waals surface area contributed by atoms with Crippen molar-refractivity contribution in [2.45, 2.75) is 31.7 Å². The van der Waals surface area contributed by atoms with E-state index in [1.165, 1.54) is 0 Å². The van der Waals surface area contributed by atoms with Crippen LogP contribution in [-0.4, -0.2) is 40.1 Å². The van der Waals surface area contributed by atoms with Gasteiger partial charge in [0, 0.05) is 6.42 Å². The summed E-state index contributed by atoms with van der Waals surface area (Å²) in [6.07, 6.45) is 2.39. The van der Waals surface area contributed by atoms with Gasteiger partial charge in [-0.3, -0.25) is 4.98 Å². The zero-order valence-corrected chi connectivity index (χ0v) is 9.42. The molecule has 0 amide bonds.